The number of aliphatic hydroxyl groups excluding tert-OH is 1. The van der Waals surface area contributed by atoms with Crippen LogP contribution in [0.5, 0.6) is 0 Å². The predicted molar refractivity (Wildman–Crippen MR) is 149 cm³/mol. The highest BCUT2D eigenvalue weighted by Gasteiger charge is 2.25. The second-order valence-corrected chi connectivity index (χ2v) is 10.1. The summed E-state index contributed by atoms with van der Waals surface area (Å²) >= 11 is 6.00. The van der Waals surface area contributed by atoms with Crippen molar-refractivity contribution in [2.45, 2.75) is 39.5 Å². The van der Waals surface area contributed by atoms with Gasteiger partial charge in [-0.15, -0.1) is 0 Å². The Labute approximate surface area is 245 Å². The maximum absolute atomic E-state index is 14.3. The van der Waals surface area contributed by atoms with E-state index < -0.39 is 49.1 Å². The summed E-state index contributed by atoms with van der Waals surface area (Å²) in [5.41, 5.74) is 9.71. The van der Waals surface area contributed by atoms with Crippen LogP contribution in [-0.4, -0.2) is 69.4 Å². The Morgan fingerprint density at radius 3 is 2.38 bits per heavy atom. The van der Waals surface area contributed by atoms with Gasteiger partial charge in [0.1, 0.15) is 23.2 Å². The zero-order chi connectivity index (χ0) is 31.0. The van der Waals surface area contributed by atoms with Gasteiger partial charge in [0.25, 0.3) is 5.91 Å². The molecule has 12 nitrogen and oxygen atoms in total. The van der Waals surface area contributed by atoms with Gasteiger partial charge in [0.15, 0.2) is 11.9 Å². The van der Waals surface area contributed by atoms with Gasteiger partial charge in [-0.25, -0.2) is 14.2 Å². The lowest BCUT2D eigenvalue weighted by atomic mass is 10.0. The number of halogens is 2. The number of aliphatic hydroxyl groups is 1. The molecule has 3 rings (SSSR count). The number of hydrogen-bond acceptors (Lipinski definition) is 10. The molecule has 0 spiro atoms. The van der Waals surface area contributed by atoms with Gasteiger partial charge < -0.3 is 20.3 Å². The molecule has 0 radical (unpaired) electrons. The van der Waals surface area contributed by atoms with Gasteiger partial charge in [0.2, 0.25) is 6.79 Å². The second-order valence-electron chi connectivity index (χ2n) is 9.70. The molecule has 2 aromatic carbocycles. The number of benzene rings is 2. The van der Waals surface area contributed by atoms with E-state index in [-0.39, 0.29) is 29.6 Å². The lowest BCUT2D eigenvalue weighted by Gasteiger charge is -2.25. The molecular weight excluding hydrogens is 573 g/mol. The Kier molecular flexibility index (Phi) is 11.3. The number of ether oxygens (including phenoxy) is 2. The van der Waals surface area contributed by atoms with Gasteiger partial charge in [0.05, 0.1) is 6.54 Å². The first-order valence-electron chi connectivity index (χ1n) is 12.8. The lowest BCUT2D eigenvalue weighted by Crippen LogP contribution is -2.47. The maximum atomic E-state index is 14.3. The minimum atomic E-state index is -1.77. The van der Waals surface area contributed by atoms with Gasteiger partial charge >= 0.3 is 11.9 Å². The molecule has 0 saturated carbocycles. The van der Waals surface area contributed by atoms with Crippen molar-refractivity contribution in [2.75, 3.05) is 13.3 Å². The summed E-state index contributed by atoms with van der Waals surface area (Å²) in [6.45, 7) is 3.52. The number of esters is 2. The molecule has 0 aliphatic rings. The fourth-order valence-corrected chi connectivity index (χ4v) is 3.77. The largest absolute Gasteiger partial charge is 0.427 e. The number of ketones is 1. The summed E-state index contributed by atoms with van der Waals surface area (Å²) in [4.78, 5) is 48.6. The summed E-state index contributed by atoms with van der Waals surface area (Å²) in [7, 11) is 0. The number of carbonyl (C=O) groups is 4. The van der Waals surface area contributed by atoms with Crippen LogP contribution in [0.4, 0.5) is 4.39 Å². The smallest absolute Gasteiger partial charge is 0.339 e. The van der Waals surface area contributed by atoms with Crippen molar-refractivity contribution in [2.24, 2.45) is 11.7 Å². The van der Waals surface area contributed by atoms with E-state index in [1.165, 1.54) is 36.2 Å². The number of carbonyl (C=O) groups excluding carboxylic acids is 4. The molecule has 1 amide bonds. The summed E-state index contributed by atoms with van der Waals surface area (Å²) < 4.78 is 24.0. The fourth-order valence-electron chi connectivity index (χ4n) is 3.59. The van der Waals surface area contributed by atoms with E-state index in [1.807, 2.05) is 0 Å². The van der Waals surface area contributed by atoms with Crippen LogP contribution < -0.4 is 11.2 Å². The number of nitrogens with zero attached hydrogens (tertiary/aromatic N) is 2. The lowest BCUT2D eigenvalue weighted by molar-refractivity contribution is -0.175. The van der Waals surface area contributed by atoms with Crippen LogP contribution in [0.3, 0.4) is 0 Å². The average molecular weight is 604 g/mol. The fraction of sp³-hybridized carbons (Fsp3) is 0.321. The van der Waals surface area contributed by atoms with E-state index >= 15 is 0 Å². The van der Waals surface area contributed by atoms with E-state index in [9.17, 15) is 28.7 Å². The number of Topliss-reactive ketones (excluding diaryl/α,β-unsaturated/α-hetero) is 1. The highest BCUT2D eigenvalue weighted by Crippen LogP contribution is 2.26. The topological polar surface area (TPSA) is 177 Å². The SMILES string of the molecule is CC(=O)c1cc(C(=O)NN(Cc2ccc(-c3cc(Cl)ccc3F)cc2)C[C@@H](O)C(=O)OCOC(=O)[C@@H](N)C(C)C)[nH]n1. The normalized spacial score (nSPS) is 12.6. The van der Waals surface area contributed by atoms with Gasteiger partial charge in [-0.2, -0.15) is 5.10 Å². The Balaban J connectivity index is 1.71. The van der Waals surface area contributed by atoms with Crippen molar-refractivity contribution in [1.82, 2.24) is 20.6 Å². The number of hydrazine groups is 1. The number of aromatic amines is 1. The summed E-state index contributed by atoms with van der Waals surface area (Å²) in [5.74, 6) is -3.60. The third-order valence-electron chi connectivity index (χ3n) is 6.07. The van der Waals surface area contributed by atoms with Crippen molar-refractivity contribution in [3.05, 3.63) is 76.3 Å². The molecule has 3 aromatic rings. The van der Waals surface area contributed by atoms with Crippen molar-refractivity contribution < 1.29 is 38.1 Å². The summed E-state index contributed by atoms with van der Waals surface area (Å²) in [5, 5.41) is 18.3. The van der Waals surface area contributed by atoms with Crippen LogP contribution in [0.2, 0.25) is 5.02 Å². The minimum absolute atomic E-state index is 0.0136. The molecule has 0 fully saturated rings. The standard InChI is InChI=1S/C28H31ClFN5O7/c1-15(2)25(31)28(40)42-14-41-27(39)24(37)13-35(34-26(38)23-11-22(16(3)36)32-33-23)12-17-4-6-18(7-5-17)20-10-19(29)8-9-21(20)30/h4-11,15,24-25,37H,12-14,31H2,1-3H3,(H,32,33)(H,34,38)/t24-,25+/m1/s1. The molecule has 2 atom stereocenters. The third-order valence-corrected chi connectivity index (χ3v) is 6.30. The van der Waals surface area contributed by atoms with Crippen LogP contribution in [-0.2, 0) is 25.6 Å². The van der Waals surface area contributed by atoms with Crippen LogP contribution in [0.1, 0.15) is 47.3 Å². The van der Waals surface area contributed by atoms with E-state index in [0.29, 0.717) is 21.7 Å². The monoisotopic (exact) mass is 603 g/mol. The molecule has 0 unspecified atom stereocenters. The van der Waals surface area contributed by atoms with Crippen LogP contribution in [0, 0.1) is 11.7 Å². The highest BCUT2D eigenvalue weighted by atomic mass is 35.5. The number of amides is 1. The molecule has 0 saturated heterocycles. The van der Waals surface area contributed by atoms with E-state index in [4.69, 9.17) is 26.8 Å². The molecular formula is C28H31ClFN5O7. The number of aromatic nitrogens is 2. The first-order chi connectivity index (χ1) is 19.8. The number of H-pyrrole nitrogens is 1. The van der Waals surface area contributed by atoms with Crippen molar-refractivity contribution in [3.63, 3.8) is 0 Å². The van der Waals surface area contributed by atoms with Gasteiger partial charge in [0, 0.05) is 24.1 Å². The Bertz CT molecular complexity index is 1430. The molecule has 5 N–H and O–H groups in total. The number of hydrogen-bond donors (Lipinski definition) is 4. The quantitative estimate of drug-likeness (QED) is 0.0982. The second kappa shape index (κ2) is 14.6. The molecule has 1 heterocycles. The van der Waals surface area contributed by atoms with Crippen LogP contribution >= 0.6 is 11.6 Å². The number of nitrogens with one attached hydrogen (secondary N) is 2. The molecule has 14 heteroatoms. The molecule has 224 valence electrons. The van der Waals surface area contributed by atoms with Gasteiger partial charge in [-0.05, 0) is 41.3 Å². The Morgan fingerprint density at radius 1 is 1.10 bits per heavy atom. The maximum Gasteiger partial charge on any atom is 0.339 e. The van der Waals surface area contributed by atoms with Crippen LogP contribution in [0.15, 0.2) is 48.5 Å². The zero-order valence-electron chi connectivity index (χ0n) is 23.1. The Morgan fingerprint density at radius 2 is 1.76 bits per heavy atom. The van der Waals surface area contributed by atoms with E-state index in [2.05, 4.69) is 15.6 Å². The predicted octanol–water partition coefficient (Wildman–Crippen LogP) is 2.61. The van der Waals surface area contributed by atoms with Gasteiger partial charge in [-0.3, -0.25) is 24.9 Å². The molecule has 0 aliphatic heterocycles. The zero-order valence-corrected chi connectivity index (χ0v) is 23.9. The number of rotatable bonds is 13. The van der Waals surface area contributed by atoms with Crippen molar-refractivity contribution in [3.8, 4) is 11.1 Å². The molecule has 0 aliphatic carbocycles. The number of nitrogens with two attached hydrogens (primary N) is 1. The average Bonchev–Trinajstić information content (AvgIpc) is 3.45. The molecule has 1 aromatic heterocycles. The van der Waals surface area contributed by atoms with Crippen molar-refractivity contribution in [1.29, 1.82) is 0 Å². The third kappa shape index (κ3) is 8.91. The highest BCUT2D eigenvalue weighted by molar-refractivity contribution is 6.30. The minimum Gasteiger partial charge on any atom is -0.427 e. The van der Waals surface area contributed by atoms with Crippen LogP contribution in [0.25, 0.3) is 11.1 Å². The van der Waals surface area contributed by atoms with Gasteiger partial charge in [-0.1, -0.05) is 49.7 Å². The van der Waals surface area contributed by atoms with E-state index in [1.54, 1.807) is 38.1 Å². The Hall–Kier alpha value is -4.17. The first kappa shape index (κ1) is 32.3. The summed E-state index contributed by atoms with van der Waals surface area (Å²) in [6, 6.07) is 11.2. The molecule has 0 bridgehead atoms. The molecule has 42 heavy (non-hydrogen) atoms. The van der Waals surface area contributed by atoms with E-state index in [0.717, 1.165) is 0 Å². The van der Waals surface area contributed by atoms with Crippen molar-refractivity contribution >= 4 is 35.2 Å². The first-order valence-corrected chi connectivity index (χ1v) is 13.2. The summed E-state index contributed by atoms with van der Waals surface area (Å²) in [6.07, 6.45) is -1.77.